The van der Waals surface area contributed by atoms with Crippen LogP contribution in [0.15, 0.2) is 65.1 Å². The number of fused-ring (bicyclic) bond motifs is 1. The number of imidazole rings is 1. The van der Waals surface area contributed by atoms with Gasteiger partial charge in [0.2, 0.25) is 0 Å². The largest absolute Gasteiger partial charge is 0.477 e. The fraction of sp³-hybridized carbons (Fsp3) is 0.227. The number of rotatable bonds is 8. The number of nitrogens with two attached hydrogens (primary N) is 1. The molecule has 1 fully saturated rings. The molecule has 0 unspecified atom stereocenters. The summed E-state index contributed by atoms with van der Waals surface area (Å²) in [6.45, 7) is 0.294. The first-order chi connectivity index (χ1) is 17.9. The van der Waals surface area contributed by atoms with Gasteiger partial charge in [-0.15, -0.1) is 23.1 Å². The number of oxime groups is 1. The summed E-state index contributed by atoms with van der Waals surface area (Å²) in [5, 5.41) is 17.5. The highest BCUT2D eigenvalue weighted by Gasteiger charge is 2.54. The standard InChI is InChI=1S/C22H20N8O5S2/c1-35-27-15(14-10-37-22(23)25-14)18(31)26-16-19(32)30-17(21(33)34)12(9-36-20(16)30)8-28-5-2-13(3-6-28)29-7-4-24-11-29/h2-7,10-11,16,20H,8-9H2,1H3,(H3-,23,25,26,31,33,34)/p+1/b27-15+/t16-,20-/m0/s1. The number of thioether (sulfide) groups is 1. The fourth-order valence-electron chi connectivity index (χ4n) is 4.07. The Hall–Kier alpha value is -4.24. The zero-order valence-electron chi connectivity index (χ0n) is 19.3. The van der Waals surface area contributed by atoms with E-state index in [-0.39, 0.29) is 22.2 Å². The monoisotopic (exact) mass is 541 g/mol. The van der Waals surface area contributed by atoms with Crippen LogP contribution >= 0.6 is 23.1 Å². The van der Waals surface area contributed by atoms with E-state index in [9.17, 15) is 19.5 Å². The molecule has 4 N–H and O–H groups in total. The van der Waals surface area contributed by atoms with E-state index in [0.717, 1.165) is 17.0 Å². The first-order valence-electron chi connectivity index (χ1n) is 10.9. The number of thiazole rings is 1. The minimum Gasteiger partial charge on any atom is -0.477 e. The lowest BCUT2D eigenvalue weighted by Crippen LogP contribution is -2.71. The molecule has 0 radical (unpaired) electrons. The number of hydrogen-bond acceptors (Lipinski definition) is 10. The topological polar surface area (TPSA) is 169 Å². The number of nitrogen functional groups attached to an aromatic ring is 1. The van der Waals surface area contributed by atoms with E-state index in [2.05, 4.69) is 20.4 Å². The van der Waals surface area contributed by atoms with Gasteiger partial charge in [-0.3, -0.25) is 14.5 Å². The van der Waals surface area contributed by atoms with Crippen molar-refractivity contribution < 1.29 is 28.9 Å². The second kappa shape index (κ2) is 10.0. The molecule has 0 aliphatic carbocycles. The molecule has 0 bridgehead atoms. The maximum Gasteiger partial charge on any atom is 0.352 e. The number of nitrogens with zero attached hydrogens (tertiary/aromatic N) is 6. The number of aromatic nitrogens is 4. The summed E-state index contributed by atoms with van der Waals surface area (Å²) in [4.78, 5) is 52.1. The Morgan fingerprint density at radius 1 is 1.38 bits per heavy atom. The number of carbonyl (C=O) groups is 3. The lowest BCUT2D eigenvalue weighted by Gasteiger charge is -2.49. The average molecular weight is 542 g/mol. The lowest BCUT2D eigenvalue weighted by atomic mass is 10.0. The molecule has 2 aliphatic heterocycles. The molecule has 3 aromatic rings. The van der Waals surface area contributed by atoms with E-state index in [0.29, 0.717) is 17.9 Å². The van der Waals surface area contributed by atoms with Crippen LogP contribution in [0.1, 0.15) is 5.69 Å². The number of nitrogens with one attached hydrogen (secondary N) is 1. The summed E-state index contributed by atoms with van der Waals surface area (Å²) >= 11 is 2.51. The molecule has 2 aliphatic rings. The average Bonchev–Trinajstić information content (AvgIpc) is 3.58. The van der Waals surface area contributed by atoms with Gasteiger partial charge in [0, 0.05) is 41.2 Å². The first-order valence-corrected chi connectivity index (χ1v) is 12.8. The Morgan fingerprint density at radius 3 is 2.78 bits per heavy atom. The van der Waals surface area contributed by atoms with Crippen molar-refractivity contribution in [1.29, 1.82) is 0 Å². The number of amides is 2. The molecule has 15 heteroatoms. The highest BCUT2D eigenvalue weighted by atomic mass is 32.2. The van der Waals surface area contributed by atoms with Crippen molar-refractivity contribution in [2.75, 3.05) is 18.6 Å². The predicted octanol–water partition coefficient (Wildman–Crippen LogP) is -0.0122. The normalized spacial score (nSPS) is 19.3. The maximum absolute atomic E-state index is 13.0. The minimum absolute atomic E-state index is 0.0662. The van der Waals surface area contributed by atoms with Gasteiger partial charge in [0.05, 0.1) is 12.0 Å². The van der Waals surface area contributed by atoms with Gasteiger partial charge in [0.1, 0.15) is 29.9 Å². The number of pyridine rings is 1. The molecule has 1 saturated heterocycles. The third-order valence-corrected chi connectivity index (χ3v) is 7.76. The molecular weight excluding hydrogens is 520 g/mol. The van der Waals surface area contributed by atoms with E-state index in [4.69, 9.17) is 10.6 Å². The van der Waals surface area contributed by atoms with Crippen LogP contribution in [0.25, 0.3) is 5.69 Å². The summed E-state index contributed by atoms with van der Waals surface area (Å²) in [5.41, 5.74) is 7.17. The molecule has 0 spiro atoms. The van der Waals surface area contributed by atoms with Gasteiger partial charge in [0.15, 0.2) is 29.8 Å². The van der Waals surface area contributed by atoms with Crippen LogP contribution in [-0.2, 0) is 25.8 Å². The van der Waals surface area contributed by atoms with Gasteiger partial charge in [0.25, 0.3) is 11.8 Å². The van der Waals surface area contributed by atoms with E-state index >= 15 is 0 Å². The molecule has 190 valence electrons. The zero-order valence-corrected chi connectivity index (χ0v) is 21.0. The molecule has 3 aromatic heterocycles. The number of aliphatic carboxylic acids is 1. The molecule has 37 heavy (non-hydrogen) atoms. The lowest BCUT2D eigenvalue weighted by molar-refractivity contribution is -0.689. The summed E-state index contributed by atoms with van der Waals surface area (Å²) in [7, 11) is 1.28. The van der Waals surface area contributed by atoms with Crippen molar-refractivity contribution >= 4 is 51.7 Å². The first kappa shape index (κ1) is 24.5. The number of carbonyl (C=O) groups excluding carboxylic acids is 2. The van der Waals surface area contributed by atoms with Crippen LogP contribution in [0.3, 0.4) is 0 Å². The van der Waals surface area contributed by atoms with Crippen molar-refractivity contribution in [2.45, 2.75) is 18.0 Å². The van der Waals surface area contributed by atoms with Crippen molar-refractivity contribution in [3.8, 4) is 5.69 Å². The molecule has 0 aromatic carbocycles. The van der Waals surface area contributed by atoms with Gasteiger partial charge >= 0.3 is 5.97 Å². The van der Waals surface area contributed by atoms with Crippen molar-refractivity contribution in [1.82, 2.24) is 24.8 Å². The summed E-state index contributed by atoms with van der Waals surface area (Å²) in [6, 6.07) is 2.85. The number of carboxylic acid groups (broad SMARTS) is 1. The summed E-state index contributed by atoms with van der Waals surface area (Å²) < 4.78 is 3.70. The number of hydrogen-bond donors (Lipinski definition) is 3. The SMILES string of the molecule is CO/N=C(/C(=O)N[C@H]1C(=O)N2C(C(=O)O)=C(C[n+]3ccc(-n4ccnc4)cc3)CS[C@@H]12)c1csc(N)n1. The zero-order chi connectivity index (χ0) is 26.1. The van der Waals surface area contributed by atoms with Crippen LogP contribution in [-0.4, -0.2) is 72.3 Å². The second-order valence-corrected chi connectivity index (χ2v) is 10.0. The Morgan fingerprint density at radius 2 is 2.16 bits per heavy atom. The minimum atomic E-state index is -1.20. The second-order valence-electron chi connectivity index (χ2n) is 8.01. The van der Waals surface area contributed by atoms with Crippen LogP contribution in [0, 0.1) is 0 Å². The number of β-lactam (4-membered cyclic amide) rings is 1. The third kappa shape index (κ3) is 4.65. The summed E-state index contributed by atoms with van der Waals surface area (Å²) in [5.74, 6) is -2.02. The molecule has 5 heterocycles. The van der Waals surface area contributed by atoms with Crippen molar-refractivity contribution in [2.24, 2.45) is 5.16 Å². The van der Waals surface area contributed by atoms with Crippen LogP contribution in [0.4, 0.5) is 5.13 Å². The number of carboxylic acids is 1. The van der Waals surface area contributed by atoms with Crippen molar-refractivity contribution in [3.05, 3.63) is 65.6 Å². The summed E-state index contributed by atoms with van der Waals surface area (Å²) in [6.07, 6.45) is 8.86. The Balaban J connectivity index is 1.32. The Kier molecular flexibility index (Phi) is 6.62. The molecule has 13 nitrogen and oxygen atoms in total. The third-order valence-electron chi connectivity index (χ3n) is 5.75. The van der Waals surface area contributed by atoms with Gasteiger partial charge in [-0.1, -0.05) is 5.16 Å². The van der Waals surface area contributed by atoms with Gasteiger partial charge in [-0.2, -0.15) is 0 Å². The maximum atomic E-state index is 13.0. The predicted molar refractivity (Wildman–Crippen MR) is 134 cm³/mol. The Labute approximate surface area is 218 Å². The van der Waals surface area contributed by atoms with Gasteiger partial charge in [-0.05, 0) is 0 Å². The quantitative estimate of drug-likeness (QED) is 0.154. The highest BCUT2D eigenvalue weighted by Crippen LogP contribution is 2.40. The van der Waals surface area contributed by atoms with Crippen molar-refractivity contribution in [3.63, 3.8) is 0 Å². The van der Waals surface area contributed by atoms with E-state index < -0.39 is 29.2 Å². The van der Waals surface area contributed by atoms with Crippen LogP contribution in [0.5, 0.6) is 0 Å². The van der Waals surface area contributed by atoms with Crippen LogP contribution < -0.4 is 15.6 Å². The highest BCUT2D eigenvalue weighted by molar-refractivity contribution is 8.00. The molecule has 0 saturated carbocycles. The number of anilines is 1. The van der Waals surface area contributed by atoms with E-state index in [1.807, 2.05) is 39.9 Å². The van der Waals surface area contributed by atoms with Gasteiger partial charge in [-0.25, -0.2) is 19.3 Å². The van der Waals surface area contributed by atoms with Crippen LogP contribution in [0.2, 0.25) is 0 Å². The van der Waals surface area contributed by atoms with E-state index in [1.54, 1.807) is 17.9 Å². The van der Waals surface area contributed by atoms with Gasteiger partial charge < -0.3 is 25.6 Å². The molecular formula is C22H21N8O5S2+. The van der Waals surface area contributed by atoms with E-state index in [1.165, 1.54) is 23.8 Å². The molecule has 5 rings (SSSR count). The molecule has 2 amide bonds. The fourth-order valence-corrected chi connectivity index (χ4v) is 5.95. The smallest absolute Gasteiger partial charge is 0.352 e. The molecule has 2 atom stereocenters. The Bertz CT molecular complexity index is 1420.